The van der Waals surface area contributed by atoms with Crippen molar-refractivity contribution in [3.8, 4) is 11.5 Å². The van der Waals surface area contributed by atoms with E-state index in [0.717, 1.165) is 17.1 Å². The summed E-state index contributed by atoms with van der Waals surface area (Å²) in [5.41, 5.74) is 2.83. The van der Waals surface area contributed by atoms with Crippen LogP contribution in [0.2, 0.25) is 0 Å². The molecule has 2 heterocycles. The number of benzene rings is 2. The Bertz CT molecular complexity index is 1380. The zero-order valence-corrected chi connectivity index (χ0v) is 21.5. The summed E-state index contributed by atoms with van der Waals surface area (Å²) in [5, 5.41) is 6.93. The largest absolute Gasteiger partial charge is 0.489 e. The Morgan fingerprint density at radius 2 is 1.84 bits per heavy atom. The van der Waals surface area contributed by atoms with Crippen molar-refractivity contribution in [1.29, 1.82) is 0 Å². The van der Waals surface area contributed by atoms with Crippen LogP contribution < -0.4 is 20.1 Å². The van der Waals surface area contributed by atoms with Crippen LogP contribution in [0.4, 0.5) is 17.2 Å². The number of fused-ring (bicyclic) bond motifs is 1. The summed E-state index contributed by atoms with van der Waals surface area (Å²) in [6, 6.07) is 16.8. The van der Waals surface area contributed by atoms with Crippen LogP contribution in [-0.4, -0.2) is 60.2 Å². The van der Waals surface area contributed by atoms with Gasteiger partial charge in [-0.2, -0.15) is 0 Å². The molecule has 4 rings (SSSR count). The average Bonchev–Trinajstić information content (AvgIpc) is 2.93. The first-order chi connectivity index (χ1) is 18.5. The van der Waals surface area contributed by atoms with Gasteiger partial charge in [-0.3, -0.25) is 9.78 Å². The smallest absolute Gasteiger partial charge is 0.249 e. The second-order valence-electron chi connectivity index (χ2n) is 8.46. The highest BCUT2D eigenvalue weighted by Gasteiger charge is 2.13. The van der Waals surface area contributed by atoms with Gasteiger partial charge < -0.3 is 29.7 Å². The Morgan fingerprint density at radius 3 is 2.58 bits per heavy atom. The Balaban J connectivity index is 1.55. The van der Waals surface area contributed by atoms with E-state index < -0.39 is 0 Å². The fraction of sp³-hybridized carbons (Fsp3) is 0.214. The van der Waals surface area contributed by atoms with E-state index in [1.54, 1.807) is 36.5 Å². The van der Waals surface area contributed by atoms with Gasteiger partial charge in [0.15, 0.2) is 0 Å². The van der Waals surface area contributed by atoms with Crippen LogP contribution >= 0.6 is 0 Å². The van der Waals surface area contributed by atoms with Crippen LogP contribution in [0.5, 0.6) is 11.5 Å². The molecule has 196 valence electrons. The maximum atomic E-state index is 12.5. The molecular formula is C28H30N6O4. The second kappa shape index (κ2) is 13.0. The number of amides is 1. The molecule has 0 saturated heterocycles. The molecule has 0 saturated carbocycles. The third kappa shape index (κ3) is 7.40. The van der Waals surface area contributed by atoms with E-state index >= 15 is 0 Å². The molecule has 10 heteroatoms. The van der Waals surface area contributed by atoms with Crippen molar-refractivity contribution in [1.82, 2.24) is 19.9 Å². The van der Waals surface area contributed by atoms with Gasteiger partial charge in [-0.15, -0.1) is 0 Å². The van der Waals surface area contributed by atoms with E-state index in [0.29, 0.717) is 48.0 Å². The van der Waals surface area contributed by atoms with Crippen molar-refractivity contribution in [3.05, 3.63) is 85.1 Å². The minimum atomic E-state index is -0.290. The Kier molecular flexibility index (Phi) is 9.03. The van der Waals surface area contributed by atoms with Gasteiger partial charge in [0.25, 0.3) is 0 Å². The number of hydrogen-bond acceptors (Lipinski definition) is 9. The lowest BCUT2D eigenvalue weighted by Gasteiger charge is -2.15. The number of methoxy groups -OCH3 is 1. The van der Waals surface area contributed by atoms with Crippen molar-refractivity contribution in [2.75, 3.05) is 45.1 Å². The van der Waals surface area contributed by atoms with E-state index in [4.69, 9.17) is 14.2 Å². The summed E-state index contributed by atoms with van der Waals surface area (Å²) < 4.78 is 16.8. The molecule has 2 aromatic carbocycles. The predicted octanol–water partition coefficient (Wildman–Crippen LogP) is 4.39. The van der Waals surface area contributed by atoms with Crippen LogP contribution in [0.3, 0.4) is 0 Å². The van der Waals surface area contributed by atoms with Gasteiger partial charge in [0.1, 0.15) is 36.9 Å². The molecule has 0 radical (unpaired) electrons. The number of anilines is 3. The third-order valence-electron chi connectivity index (χ3n) is 5.29. The molecule has 0 bridgehead atoms. The molecule has 0 atom stereocenters. The molecule has 1 amide bonds. The molecule has 10 nitrogen and oxygen atoms in total. The van der Waals surface area contributed by atoms with Gasteiger partial charge in [0, 0.05) is 56.8 Å². The number of nitrogens with zero attached hydrogens (tertiary/aromatic N) is 4. The summed E-state index contributed by atoms with van der Waals surface area (Å²) in [7, 11) is 5.28. The SMILES string of the molecule is COCCOc1cc2ncnc(Nc3ccc(OCc4ccccn4)cc3)c2cc1NC(=O)/C=C/N(C)C. The first kappa shape index (κ1) is 26.4. The normalized spacial score (nSPS) is 10.9. The Morgan fingerprint density at radius 1 is 1.00 bits per heavy atom. The van der Waals surface area contributed by atoms with Crippen molar-refractivity contribution in [2.24, 2.45) is 0 Å². The Hall–Kier alpha value is -4.70. The molecule has 0 spiro atoms. The van der Waals surface area contributed by atoms with Gasteiger partial charge in [0.2, 0.25) is 5.91 Å². The predicted molar refractivity (Wildman–Crippen MR) is 147 cm³/mol. The van der Waals surface area contributed by atoms with E-state index in [2.05, 4.69) is 25.6 Å². The molecule has 38 heavy (non-hydrogen) atoms. The highest BCUT2D eigenvalue weighted by atomic mass is 16.5. The highest BCUT2D eigenvalue weighted by Crippen LogP contribution is 2.33. The molecule has 4 aromatic rings. The van der Waals surface area contributed by atoms with E-state index in [9.17, 15) is 4.79 Å². The topological polar surface area (TPSA) is 111 Å². The summed E-state index contributed by atoms with van der Waals surface area (Å²) in [5.74, 6) is 1.50. The van der Waals surface area contributed by atoms with Gasteiger partial charge in [0.05, 0.1) is 23.5 Å². The summed E-state index contributed by atoms with van der Waals surface area (Å²) >= 11 is 0. The number of carbonyl (C=O) groups is 1. The number of carbonyl (C=O) groups excluding carboxylic acids is 1. The quantitative estimate of drug-likeness (QED) is 0.210. The first-order valence-electron chi connectivity index (χ1n) is 12.0. The fourth-order valence-electron chi connectivity index (χ4n) is 3.44. The van der Waals surface area contributed by atoms with E-state index in [-0.39, 0.29) is 5.91 Å². The lowest BCUT2D eigenvalue weighted by Crippen LogP contribution is -2.13. The lowest BCUT2D eigenvalue weighted by atomic mass is 10.1. The summed E-state index contributed by atoms with van der Waals surface area (Å²) in [4.78, 5) is 27.4. The molecule has 0 aliphatic carbocycles. The fourth-order valence-corrected chi connectivity index (χ4v) is 3.44. The molecule has 0 unspecified atom stereocenters. The van der Waals surface area contributed by atoms with Crippen LogP contribution in [0.15, 0.2) is 79.4 Å². The van der Waals surface area contributed by atoms with Crippen molar-refractivity contribution >= 4 is 34.0 Å². The number of nitrogens with one attached hydrogen (secondary N) is 2. The molecule has 0 fully saturated rings. The van der Waals surface area contributed by atoms with Crippen molar-refractivity contribution in [2.45, 2.75) is 6.61 Å². The molecular weight excluding hydrogens is 484 g/mol. The van der Waals surface area contributed by atoms with Gasteiger partial charge in [-0.05, 0) is 42.5 Å². The minimum Gasteiger partial charge on any atom is -0.489 e. The maximum absolute atomic E-state index is 12.5. The number of ether oxygens (including phenoxy) is 3. The van der Waals surface area contributed by atoms with Gasteiger partial charge in [-0.25, -0.2) is 9.97 Å². The molecule has 0 aliphatic heterocycles. The lowest BCUT2D eigenvalue weighted by molar-refractivity contribution is -0.112. The van der Waals surface area contributed by atoms with E-state index in [1.807, 2.05) is 56.6 Å². The first-order valence-corrected chi connectivity index (χ1v) is 12.0. The number of aromatic nitrogens is 3. The number of pyridine rings is 1. The molecule has 2 N–H and O–H groups in total. The minimum absolute atomic E-state index is 0.290. The zero-order chi connectivity index (χ0) is 26.7. The molecule has 0 aliphatic rings. The van der Waals surface area contributed by atoms with Gasteiger partial charge in [-0.1, -0.05) is 6.07 Å². The summed E-state index contributed by atoms with van der Waals surface area (Å²) in [6.45, 7) is 1.12. The van der Waals surface area contributed by atoms with Crippen molar-refractivity contribution < 1.29 is 19.0 Å². The maximum Gasteiger partial charge on any atom is 0.249 e. The van der Waals surface area contributed by atoms with Crippen LogP contribution in [0.25, 0.3) is 10.9 Å². The monoisotopic (exact) mass is 514 g/mol. The van der Waals surface area contributed by atoms with Crippen LogP contribution in [0, 0.1) is 0 Å². The average molecular weight is 515 g/mol. The van der Waals surface area contributed by atoms with Gasteiger partial charge >= 0.3 is 0 Å². The Labute approximate surface area is 221 Å². The van der Waals surface area contributed by atoms with Crippen LogP contribution in [0.1, 0.15) is 5.69 Å². The summed E-state index contributed by atoms with van der Waals surface area (Å²) in [6.07, 6.45) is 6.33. The standard InChI is InChI=1S/C28H30N6O4/c1-34(2)13-11-27(35)33-25-16-23-24(17-26(25)37-15-14-36-3)30-19-31-28(23)32-20-7-9-22(10-8-20)38-18-21-6-4-5-12-29-21/h4-13,16-17,19H,14-15,18H2,1-3H3,(H,33,35)(H,30,31,32)/b13-11+. The number of hydrogen-bond donors (Lipinski definition) is 2. The zero-order valence-electron chi connectivity index (χ0n) is 21.5. The molecule has 2 aromatic heterocycles. The highest BCUT2D eigenvalue weighted by molar-refractivity contribution is 6.03. The van der Waals surface area contributed by atoms with Crippen LogP contribution in [-0.2, 0) is 16.1 Å². The van der Waals surface area contributed by atoms with Crippen molar-refractivity contribution in [3.63, 3.8) is 0 Å². The second-order valence-corrected chi connectivity index (χ2v) is 8.46. The van der Waals surface area contributed by atoms with E-state index in [1.165, 1.54) is 12.4 Å². The number of rotatable bonds is 12. The third-order valence-corrected chi connectivity index (χ3v) is 5.29.